The molecule has 0 saturated heterocycles. The van der Waals surface area contributed by atoms with E-state index < -0.39 is 12.6 Å². The molecule has 0 heterocycles. The molecule has 0 radical (unpaired) electrons. The van der Waals surface area contributed by atoms with Crippen LogP contribution in [-0.4, -0.2) is 23.7 Å². The van der Waals surface area contributed by atoms with Gasteiger partial charge in [0.25, 0.3) is 0 Å². The fraction of sp³-hybridized carbons (Fsp3) is 0.588. The van der Waals surface area contributed by atoms with Gasteiger partial charge in [0.2, 0.25) is 0 Å². The number of hydrogen-bond acceptors (Lipinski definition) is 3. The molecular formula is C17H23F2NO3. The van der Waals surface area contributed by atoms with E-state index in [9.17, 15) is 13.6 Å². The van der Waals surface area contributed by atoms with Gasteiger partial charge in [-0.2, -0.15) is 8.78 Å². The summed E-state index contributed by atoms with van der Waals surface area (Å²) in [6, 6.07) is 4.00. The molecule has 1 aromatic carbocycles. The maximum atomic E-state index is 12.4. The van der Waals surface area contributed by atoms with Gasteiger partial charge in [-0.1, -0.05) is 12.1 Å². The zero-order chi connectivity index (χ0) is 17.0. The minimum absolute atomic E-state index is 0.219. The van der Waals surface area contributed by atoms with E-state index >= 15 is 0 Å². The maximum Gasteiger partial charge on any atom is 0.387 e. The summed E-state index contributed by atoms with van der Waals surface area (Å²) in [5, 5.41) is 12.4. The van der Waals surface area contributed by atoms with Crippen LogP contribution in [0, 0.1) is 19.8 Å². The monoisotopic (exact) mass is 327 g/mol. The average Bonchev–Trinajstić information content (AvgIpc) is 2.49. The number of carboxylic acid groups (broad SMARTS) is 1. The van der Waals surface area contributed by atoms with Crippen LogP contribution in [0.2, 0.25) is 0 Å². The first kappa shape index (κ1) is 17.7. The highest BCUT2D eigenvalue weighted by atomic mass is 19.3. The quantitative estimate of drug-likeness (QED) is 0.837. The minimum atomic E-state index is -2.82. The number of benzene rings is 1. The van der Waals surface area contributed by atoms with Crippen LogP contribution in [0.1, 0.15) is 42.4 Å². The fourth-order valence-corrected chi connectivity index (χ4v) is 3.22. The van der Waals surface area contributed by atoms with Crippen molar-refractivity contribution in [1.29, 1.82) is 0 Å². The van der Waals surface area contributed by atoms with Crippen molar-refractivity contribution in [3.05, 3.63) is 28.8 Å². The fourth-order valence-electron chi connectivity index (χ4n) is 3.22. The standard InChI is InChI=1S/C17H23F2NO3/c1-10-7-12(8-11(2)15(10)23-17(18)19)9-20-14-5-3-13(4-6-14)16(21)22/h7-8,13-14,17,20H,3-6,9H2,1-2H3,(H,21,22). The van der Waals surface area contributed by atoms with Gasteiger partial charge in [-0.05, 0) is 56.2 Å². The molecule has 1 aliphatic rings. The SMILES string of the molecule is Cc1cc(CNC2CCC(C(=O)O)CC2)cc(C)c1OC(F)F. The van der Waals surface area contributed by atoms with Gasteiger partial charge in [-0.25, -0.2) is 0 Å². The minimum Gasteiger partial charge on any atom is -0.481 e. The van der Waals surface area contributed by atoms with Gasteiger partial charge in [0, 0.05) is 12.6 Å². The lowest BCUT2D eigenvalue weighted by Gasteiger charge is -2.27. The van der Waals surface area contributed by atoms with Crippen LogP contribution in [0.3, 0.4) is 0 Å². The van der Waals surface area contributed by atoms with E-state index in [0.717, 1.165) is 18.4 Å². The number of ether oxygens (including phenoxy) is 1. The number of alkyl halides is 2. The summed E-state index contributed by atoms with van der Waals surface area (Å²) in [6.07, 6.45) is 3.10. The van der Waals surface area contributed by atoms with Crippen LogP contribution < -0.4 is 10.1 Å². The molecule has 128 valence electrons. The Morgan fingerprint density at radius 1 is 1.26 bits per heavy atom. The Bertz CT molecular complexity index is 532. The number of aliphatic carboxylic acids is 1. The number of rotatable bonds is 6. The smallest absolute Gasteiger partial charge is 0.387 e. The molecule has 2 N–H and O–H groups in total. The van der Waals surface area contributed by atoms with E-state index in [1.54, 1.807) is 13.8 Å². The van der Waals surface area contributed by atoms with Crippen molar-refractivity contribution in [2.75, 3.05) is 0 Å². The first-order chi connectivity index (χ1) is 10.9. The molecule has 1 aliphatic carbocycles. The molecule has 0 aliphatic heterocycles. The third-order valence-electron chi connectivity index (χ3n) is 4.40. The van der Waals surface area contributed by atoms with Crippen molar-refractivity contribution in [2.24, 2.45) is 5.92 Å². The Hall–Kier alpha value is -1.69. The molecule has 0 amide bonds. The lowest BCUT2D eigenvalue weighted by Crippen LogP contribution is -2.34. The maximum absolute atomic E-state index is 12.4. The molecule has 2 rings (SSSR count). The zero-order valence-electron chi connectivity index (χ0n) is 13.4. The Labute approximate surface area is 134 Å². The summed E-state index contributed by atoms with van der Waals surface area (Å²) >= 11 is 0. The summed E-state index contributed by atoms with van der Waals surface area (Å²) < 4.78 is 29.3. The molecule has 0 bridgehead atoms. The topological polar surface area (TPSA) is 58.6 Å². The lowest BCUT2D eigenvalue weighted by molar-refractivity contribution is -0.142. The van der Waals surface area contributed by atoms with Crippen LogP contribution in [-0.2, 0) is 11.3 Å². The predicted octanol–water partition coefficient (Wildman–Crippen LogP) is 3.64. The number of aryl methyl sites for hydroxylation is 2. The summed E-state index contributed by atoms with van der Waals surface area (Å²) in [5.41, 5.74) is 2.40. The van der Waals surface area contributed by atoms with Gasteiger partial charge in [-0.3, -0.25) is 4.79 Å². The van der Waals surface area contributed by atoms with Crippen molar-refractivity contribution >= 4 is 5.97 Å². The second kappa shape index (κ2) is 7.73. The van der Waals surface area contributed by atoms with Gasteiger partial charge in [0.05, 0.1) is 5.92 Å². The highest BCUT2D eigenvalue weighted by Gasteiger charge is 2.25. The number of hydrogen-bond donors (Lipinski definition) is 2. The van der Waals surface area contributed by atoms with Crippen LogP contribution >= 0.6 is 0 Å². The third-order valence-corrected chi connectivity index (χ3v) is 4.40. The Morgan fingerprint density at radius 2 is 1.83 bits per heavy atom. The first-order valence-electron chi connectivity index (χ1n) is 7.88. The number of carboxylic acids is 1. The van der Waals surface area contributed by atoms with Gasteiger partial charge in [-0.15, -0.1) is 0 Å². The Balaban J connectivity index is 1.90. The Morgan fingerprint density at radius 3 is 2.30 bits per heavy atom. The highest BCUT2D eigenvalue weighted by molar-refractivity contribution is 5.70. The van der Waals surface area contributed by atoms with E-state index in [1.165, 1.54) is 0 Å². The molecule has 0 unspecified atom stereocenters. The summed E-state index contributed by atoms with van der Waals surface area (Å²) in [5.74, 6) is -0.682. The van der Waals surface area contributed by atoms with E-state index in [2.05, 4.69) is 10.1 Å². The van der Waals surface area contributed by atoms with Crippen molar-refractivity contribution < 1.29 is 23.4 Å². The number of nitrogens with one attached hydrogen (secondary N) is 1. The third kappa shape index (κ3) is 4.89. The molecular weight excluding hydrogens is 304 g/mol. The summed E-state index contributed by atoms with van der Waals surface area (Å²) in [7, 11) is 0. The van der Waals surface area contributed by atoms with Crippen molar-refractivity contribution in [3.63, 3.8) is 0 Å². The van der Waals surface area contributed by atoms with E-state index in [1.807, 2.05) is 12.1 Å². The van der Waals surface area contributed by atoms with E-state index in [-0.39, 0.29) is 11.7 Å². The second-order valence-corrected chi connectivity index (χ2v) is 6.20. The van der Waals surface area contributed by atoms with Crippen LogP contribution in [0.15, 0.2) is 12.1 Å². The molecule has 1 fully saturated rings. The number of halogens is 2. The molecule has 0 spiro atoms. The molecule has 6 heteroatoms. The molecule has 0 aromatic heterocycles. The molecule has 23 heavy (non-hydrogen) atoms. The normalized spacial score (nSPS) is 21.4. The highest BCUT2D eigenvalue weighted by Crippen LogP contribution is 2.27. The molecule has 0 atom stereocenters. The zero-order valence-corrected chi connectivity index (χ0v) is 13.4. The second-order valence-electron chi connectivity index (χ2n) is 6.20. The van der Waals surface area contributed by atoms with Gasteiger partial charge in [0.1, 0.15) is 5.75 Å². The summed E-state index contributed by atoms with van der Waals surface area (Å²) in [6.45, 7) is 1.33. The van der Waals surface area contributed by atoms with E-state index in [4.69, 9.17) is 5.11 Å². The van der Waals surface area contributed by atoms with Crippen LogP contribution in [0.25, 0.3) is 0 Å². The number of carbonyl (C=O) groups is 1. The van der Waals surface area contributed by atoms with Crippen molar-refractivity contribution in [3.8, 4) is 5.75 Å². The van der Waals surface area contributed by atoms with Gasteiger partial charge >= 0.3 is 12.6 Å². The molecule has 1 saturated carbocycles. The van der Waals surface area contributed by atoms with Gasteiger partial charge in [0.15, 0.2) is 0 Å². The lowest BCUT2D eigenvalue weighted by atomic mass is 9.86. The average molecular weight is 327 g/mol. The molecule has 1 aromatic rings. The van der Waals surface area contributed by atoms with Crippen molar-refractivity contribution in [1.82, 2.24) is 5.32 Å². The summed E-state index contributed by atoms with van der Waals surface area (Å²) in [4.78, 5) is 10.9. The van der Waals surface area contributed by atoms with Crippen molar-refractivity contribution in [2.45, 2.75) is 58.7 Å². The molecule has 4 nitrogen and oxygen atoms in total. The first-order valence-corrected chi connectivity index (χ1v) is 7.88. The van der Waals surface area contributed by atoms with Gasteiger partial charge < -0.3 is 15.2 Å². The largest absolute Gasteiger partial charge is 0.481 e. The Kier molecular flexibility index (Phi) is 5.93. The predicted molar refractivity (Wildman–Crippen MR) is 82.8 cm³/mol. The van der Waals surface area contributed by atoms with Crippen LogP contribution in [0.5, 0.6) is 5.75 Å². The van der Waals surface area contributed by atoms with E-state index in [0.29, 0.717) is 36.6 Å². The van der Waals surface area contributed by atoms with Crippen LogP contribution in [0.4, 0.5) is 8.78 Å².